The van der Waals surface area contributed by atoms with Gasteiger partial charge in [-0.1, -0.05) is 48.6 Å². The van der Waals surface area contributed by atoms with Gasteiger partial charge in [-0.15, -0.1) is 0 Å². The van der Waals surface area contributed by atoms with Crippen LogP contribution in [0.5, 0.6) is 0 Å². The number of nitrogens with one attached hydrogen (secondary N) is 2. The molecule has 0 saturated heterocycles. The summed E-state index contributed by atoms with van der Waals surface area (Å²) >= 11 is 1.56. The monoisotopic (exact) mass is 535 g/mol. The predicted octanol–water partition coefficient (Wildman–Crippen LogP) is 4.26. The molecule has 0 aromatic heterocycles. The molecule has 1 aromatic rings. The smallest absolute Gasteiger partial charge is 0.408 e. The number of thioether (sulfide) groups is 1. The van der Waals surface area contributed by atoms with E-state index in [2.05, 4.69) is 10.6 Å². The summed E-state index contributed by atoms with van der Waals surface area (Å²) in [5.74, 6) is -0.0572. The molecular weight excluding hydrogens is 490 g/mol. The van der Waals surface area contributed by atoms with E-state index in [0.717, 1.165) is 43.2 Å². The Kier molecular flexibility index (Phi) is 12.2. The first-order valence-electron chi connectivity index (χ1n) is 13.2. The van der Waals surface area contributed by atoms with Crippen LogP contribution in [0.1, 0.15) is 82.0 Å². The highest BCUT2D eigenvalue weighted by Gasteiger charge is 2.37. The number of carbonyl (C=O) groups is 3. The van der Waals surface area contributed by atoms with Crippen molar-refractivity contribution >= 4 is 29.7 Å². The lowest BCUT2D eigenvalue weighted by atomic mass is 9.94. The van der Waals surface area contributed by atoms with E-state index in [1.165, 1.54) is 4.90 Å². The Morgan fingerprint density at radius 1 is 1.11 bits per heavy atom. The van der Waals surface area contributed by atoms with Gasteiger partial charge in [0.2, 0.25) is 11.8 Å². The Labute approximate surface area is 226 Å². The molecule has 3 N–H and O–H groups in total. The van der Waals surface area contributed by atoms with Crippen LogP contribution < -0.4 is 10.6 Å². The van der Waals surface area contributed by atoms with E-state index in [4.69, 9.17) is 4.74 Å². The fraction of sp³-hybridized carbons (Fsp3) is 0.679. The van der Waals surface area contributed by atoms with E-state index in [-0.39, 0.29) is 25.1 Å². The van der Waals surface area contributed by atoms with Gasteiger partial charge in [-0.25, -0.2) is 4.79 Å². The van der Waals surface area contributed by atoms with E-state index < -0.39 is 29.7 Å². The van der Waals surface area contributed by atoms with Gasteiger partial charge in [-0.2, -0.15) is 11.8 Å². The van der Waals surface area contributed by atoms with Crippen LogP contribution in [-0.2, 0) is 14.3 Å². The molecule has 1 fully saturated rings. The van der Waals surface area contributed by atoms with Crippen LogP contribution in [-0.4, -0.2) is 70.8 Å². The van der Waals surface area contributed by atoms with Crippen molar-refractivity contribution in [3.8, 4) is 0 Å². The van der Waals surface area contributed by atoms with Crippen LogP contribution in [0.3, 0.4) is 0 Å². The molecule has 0 bridgehead atoms. The van der Waals surface area contributed by atoms with Gasteiger partial charge in [0.05, 0.1) is 6.61 Å². The van der Waals surface area contributed by atoms with Crippen molar-refractivity contribution in [1.29, 1.82) is 0 Å². The number of alkyl carbamates (subject to hydrolysis) is 1. The molecular formula is C28H45N3O5S. The molecule has 2 atom stereocenters. The normalized spacial score (nSPS) is 16.0. The molecule has 1 aromatic carbocycles. The summed E-state index contributed by atoms with van der Waals surface area (Å²) in [6.07, 6.45) is 6.72. The maximum Gasteiger partial charge on any atom is 0.408 e. The fourth-order valence-electron chi connectivity index (χ4n) is 4.79. The Balaban J connectivity index is 2.44. The molecule has 1 aliphatic rings. The molecule has 0 heterocycles. The van der Waals surface area contributed by atoms with Crippen LogP contribution in [0.4, 0.5) is 4.79 Å². The number of benzene rings is 1. The number of aryl methyl sites for hydroxylation is 2. The van der Waals surface area contributed by atoms with Crippen LogP contribution in [0.15, 0.2) is 18.2 Å². The van der Waals surface area contributed by atoms with Gasteiger partial charge < -0.3 is 25.4 Å². The highest BCUT2D eigenvalue weighted by Crippen LogP contribution is 2.27. The molecule has 0 spiro atoms. The topological polar surface area (TPSA) is 108 Å². The second-order valence-electron chi connectivity index (χ2n) is 10.9. The molecule has 2 unspecified atom stereocenters. The first-order chi connectivity index (χ1) is 17.4. The lowest BCUT2D eigenvalue weighted by molar-refractivity contribution is -0.143. The number of rotatable bonds is 11. The second-order valence-corrected chi connectivity index (χ2v) is 11.9. The number of hydrogen-bond donors (Lipinski definition) is 3. The summed E-state index contributed by atoms with van der Waals surface area (Å²) in [4.78, 5) is 41.8. The summed E-state index contributed by atoms with van der Waals surface area (Å²) in [7, 11) is 0. The zero-order chi connectivity index (χ0) is 27.6. The first kappa shape index (κ1) is 31.0. The fourth-order valence-corrected chi connectivity index (χ4v) is 5.26. The van der Waals surface area contributed by atoms with Gasteiger partial charge in [-0.3, -0.25) is 9.59 Å². The van der Waals surface area contributed by atoms with E-state index in [9.17, 15) is 19.5 Å². The van der Waals surface area contributed by atoms with Crippen molar-refractivity contribution in [2.45, 2.75) is 96.9 Å². The number of amides is 3. The minimum Gasteiger partial charge on any atom is -0.444 e. The largest absolute Gasteiger partial charge is 0.444 e. The van der Waals surface area contributed by atoms with Crippen LogP contribution >= 0.6 is 11.8 Å². The van der Waals surface area contributed by atoms with E-state index in [0.29, 0.717) is 17.7 Å². The van der Waals surface area contributed by atoms with E-state index in [1.807, 2.05) is 38.3 Å². The SMILES string of the molecule is CSCCC(NC(=O)OC(C)(C)C)C(=O)N(CCO)C(C(=O)NC1CCCCC1)c1cc(C)cc(C)c1. The summed E-state index contributed by atoms with van der Waals surface area (Å²) < 4.78 is 5.41. The van der Waals surface area contributed by atoms with Crippen LogP contribution in [0.2, 0.25) is 0 Å². The highest BCUT2D eigenvalue weighted by atomic mass is 32.2. The number of carbonyl (C=O) groups excluding carboxylic acids is 3. The third-order valence-electron chi connectivity index (χ3n) is 6.30. The van der Waals surface area contributed by atoms with Crippen molar-refractivity contribution in [3.63, 3.8) is 0 Å². The predicted molar refractivity (Wildman–Crippen MR) is 149 cm³/mol. The number of ether oxygens (including phenoxy) is 1. The molecule has 8 nitrogen and oxygen atoms in total. The third kappa shape index (κ3) is 10.2. The zero-order valence-corrected chi connectivity index (χ0v) is 24.1. The molecule has 9 heteroatoms. The van der Waals surface area contributed by atoms with Gasteiger partial charge in [-0.05, 0) is 71.5 Å². The van der Waals surface area contributed by atoms with Gasteiger partial charge in [0.1, 0.15) is 17.7 Å². The minimum atomic E-state index is -0.933. The lowest BCUT2D eigenvalue weighted by Gasteiger charge is -2.35. The second kappa shape index (κ2) is 14.6. The summed E-state index contributed by atoms with van der Waals surface area (Å²) in [6, 6.07) is 4.07. The third-order valence-corrected chi connectivity index (χ3v) is 6.94. The molecule has 3 amide bonds. The Bertz CT molecular complexity index is 891. The average molecular weight is 536 g/mol. The highest BCUT2D eigenvalue weighted by molar-refractivity contribution is 7.98. The van der Waals surface area contributed by atoms with Gasteiger partial charge in [0.25, 0.3) is 0 Å². The van der Waals surface area contributed by atoms with Crippen LogP contribution in [0, 0.1) is 13.8 Å². The van der Waals surface area contributed by atoms with E-state index in [1.54, 1.807) is 32.5 Å². The molecule has 1 saturated carbocycles. The van der Waals surface area contributed by atoms with Crippen LogP contribution in [0.25, 0.3) is 0 Å². The minimum absolute atomic E-state index is 0.0413. The Hall–Kier alpha value is -2.26. The number of hydrogen-bond acceptors (Lipinski definition) is 6. The standard InChI is InChI=1S/C28H45N3O5S/c1-19-16-20(2)18-21(17-19)24(25(33)29-22-10-8-7-9-11-22)31(13-14-32)26(34)23(12-15-37-6)30-27(35)36-28(3,4)5/h16-18,22-24,32H,7-15H2,1-6H3,(H,29,33)(H,30,35). The number of nitrogens with zero attached hydrogens (tertiary/aromatic N) is 1. The van der Waals surface area contributed by atoms with Gasteiger partial charge in [0.15, 0.2) is 0 Å². The summed E-state index contributed by atoms with van der Waals surface area (Å²) in [5, 5.41) is 15.8. The quantitative estimate of drug-likeness (QED) is 0.391. The van der Waals surface area contributed by atoms with Crippen molar-refractivity contribution in [1.82, 2.24) is 15.5 Å². The number of aliphatic hydroxyl groups excluding tert-OH is 1. The Morgan fingerprint density at radius 3 is 2.27 bits per heavy atom. The molecule has 0 aliphatic heterocycles. The number of aliphatic hydroxyl groups is 1. The summed E-state index contributed by atoms with van der Waals surface area (Å²) in [6.45, 7) is 8.83. The zero-order valence-electron chi connectivity index (χ0n) is 23.3. The summed E-state index contributed by atoms with van der Waals surface area (Å²) in [5.41, 5.74) is 1.93. The average Bonchev–Trinajstić information content (AvgIpc) is 2.80. The molecule has 37 heavy (non-hydrogen) atoms. The lowest BCUT2D eigenvalue weighted by Crippen LogP contribution is -2.54. The Morgan fingerprint density at radius 2 is 1.73 bits per heavy atom. The van der Waals surface area contributed by atoms with Crippen molar-refractivity contribution in [3.05, 3.63) is 34.9 Å². The molecule has 0 radical (unpaired) electrons. The van der Waals surface area contributed by atoms with Crippen molar-refractivity contribution in [2.75, 3.05) is 25.2 Å². The van der Waals surface area contributed by atoms with Crippen molar-refractivity contribution < 1.29 is 24.2 Å². The molecule has 2 rings (SSSR count). The first-order valence-corrected chi connectivity index (χ1v) is 14.6. The maximum atomic E-state index is 14.0. The molecule has 208 valence electrons. The van der Waals surface area contributed by atoms with Crippen molar-refractivity contribution in [2.24, 2.45) is 0 Å². The van der Waals surface area contributed by atoms with Gasteiger partial charge in [0, 0.05) is 12.6 Å². The molecule has 1 aliphatic carbocycles. The maximum absolute atomic E-state index is 14.0. The van der Waals surface area contributed by atoms with E-state index >= 15 is 0 Å². The van der Waals surface area contributed by atoms with Gasteiger partial charge >= 0.3 is 6.09 Å².